The molecule has 22 heavy (non-hydrogen) atoms. The first-order chi connectivity index (χ1) is 10.7. The molecule has 0 aromatic heterocycles. The fraction of sp³-hybridized carbons (Fsp3) is 0.333. The molecule has 0 aliphatic carbocycles. The molecule has 1 N–H and O–H groups in total. The summed E-state index contributed by atoms with van der Waals surface area (Å²) >= 11 is 3.29. The van der Waals surface area contributed by atoms with Crippen LogP contribution < -0.4 is 5.32 Å². The Morgan fingerprint density at radius 3 is 2.77 bits per heavy atom. The highest BCUT2D eigenvalue weighted by molar-refractivity contribution is 9.10. The Morgan fingerprint density at radius 2 is 2.00 bits per heavy atom. The van der Waals surface area contributed by atoms with E-state index in [1.54, 1.807) is 0 Å². The van der Waals surface area contributed by atoms with Crippen LogP contribution >= 0.6 is 15.9 Å². The van der Waals surface area contributed by atoms with Crippen LogP contribution in [0.1, 0.15) is 17.5 Å². The molecule has 0 spiro atoms. The molecule has 0 saturated carbocycles. The Labute approximate surface area is 139 Å². The summed E-state index contributed by atoms with van der Waals surface area (Å²) in [5, 5.41) is 3.48. The molecule has 1 atom stereocenters. The van der Waals surface area contributed by atoms with E-state index in [1.165, 1.54) is 11.6 Å². The summed E-state index contributed by atoms with van der Waals surface area (Å²) < 4.78 is 14.6. The largest absolute Gasteiger partial charge is 0.308 e. The molecular formula is C18H20BrFN2. The Bertz CT molecular complexity index is 618. The minimum Gasteiger partial charge on any atom is -0.308 e. The van der Waals surface area contributed by atoms with E-state index in [9.17, 15) is 4.39 Å². The third kappa shape index (κ3) is 4.15. The Morgan fingerprint density at radius 1 is 1.18 bits per heavy atom. The van der Waals surface area contributed by atoms with E-state index in [0.717, 1.165) is 36.1 Å². The number of hydrogen-bond donors (Lipinski definition) is 1. The summed E-state index contributed by atoms with van der Waals surface area (Å²) in [5.74, 6) is -0.152. The molecule has 0 amide bonds. The van der Waals surface area contributed by atoms with Gasteiger partial charge in [0, 0.05) is 42.3 Å². The van der Waals surface area contributed by atoms with Crippen molar-refractivity contribution in [1.29, 1.82) is 0 Å². The highest BCUT2D eigenvalue weighted by Crippen LogP contribution is 2.17. The van der Waals surface area contributed by atoms with Crippen LogP contribution in [0.3, 0.4) is 0 Å². The van der Waals surface area contributed by atoms with Crippen LogP contribution in [0.4, 0.5) is 4.39 Å². The zero-order valence-corrected chi connectivity index (χ0v) is 14.0. The number of nitrogens with one attached hydrogen (secondary N) is 1. The topological polar surface area (TPSA) is 15.3 Å². The Kier molecular flexibility index (Phi) is 5.24. The van der Waals surface area contributed by atoms with E-state index in [4.69, 9.17) is 0 Å². The summed E-state index contributed by atoms with van der Waals surface area (Å²) in [6.07, 6.45) is 1.12. The molecule has 4 heteroatoms. The minimum absolute atomic E-state index is 0.152. The summed E-state index contributed by atoms with van der Waals surface area (Å²) in [6.45, 7) is 3.69. The van der Waals surface area contributed by atoms with E-state index < -0.39 is 0 Å². The van der Waals surface area contributed by atoms with Crippen molar-refractivity contribution in [1.82, 2.24) is 10.2 Å². The van der Waals surface area contributed by atoms with Crippen molar-refractivity contribution in [3.8, 4) is 0 Å². The minimum atomic E-state index is -0.152. The van der Waals surface area contributed by atoms with E-state index in [1.807, 2.05) is 18.2 Å². The monoisotopic (exact) mass is 362 g/mol. The van der Waals surface area contributed by atoms with Gasteiger partial charge in [-0.2, -0.15) is 0 Å². The van der Waals surface area contributed by atoms with Crippen LogP contribution in [0.5, 0.6) is 0 Å². The van der Waals surface area contributed by atoms with Gasteiger partial charge < -0.3 is 5.32 Å². The van der Waals surface area contributed by atoms with Crippen molar-refractivity contribution in [2.75, 3.05) is 13.1 Å². The number of likely N-dealkylation sites (tertiary alicyclic amines) is 1. The normalized spacial score (nSPS) is 18.7. The summed E-state index contributed by atoms with van der Waals surface area (Å²) in [5.41, 5.74) is 2.08. The van der Waals surface area contributed by atoms with Gasteiger partial charge in [-0.15, -0.1) is 0 Å². The molecule has 3 rings (SSSR count). The van der Waals surface area contributed by atoms with Crippen molar-refractivity contribution >= 4 is 15.9 Å². The van der Waals surface area contributed by atoms with Gasteiger partial charge in [-0.05, 0) is 24.1 Å². The van der Waals surface area contributed by atoms with Crippen LogP contribution in [0.15, 0.2) is 53.0 Å². The summed E-state index contributed by atoms with van der Waals surface area (Å²) in [7, 11) is 0. The molecule has 1 heterocycles. The van der Waals surface area contributed by atoms with Crippen LogP contribution in [0.2, 0.25) is 0 Å². The summed E-state index contributed by atoms with van der Waals surface area (Å²) in [6, 6.07) is 16.2. The first kappa shape index (κ1) is 15.7. The first-order valence-electron chi connectivity index (χ1n) is 7.64. The lowest BCUT2D eigenvalue weighted by Gasteiger charge is -2.17. The molecule has 0 bridgehead atoms. The third-order valence-electron chi connectivity index (χ3n) is 4.12. The number of benzene rings is 2. The smallest absolute Gasteiger partial charge is 0.128 e. The second-order valence-corrected chi connectivity index (χ2v) is 6.74. The second-order valence-electron chi connectivity index (χ2n) is 5.82. The molecule has 1 unspecified atom stereocenters. The van der Waals surface area contributed by atoms with Gasteiger partial charge in [-0.1, -0.05) is 52.3 Å². The van der Waals surface area contributed by atoms with E-state index in [2.05, 4.69) is 50.4 Å². The van der Waals surface area contributed by atoms with Crippen LogP contribution in [0, 0.1) is 5.82 Å². The number of halogens is 2. The van der Waals surface area contributed by atoms with Gasteiger partial charge in [0.15, 0.2) is 0 Å². The zero-order chi connectivity index (χ0) is 15.4. The summed E-state index contributed by atoms with van der Waals surface area (Å²) in [4.78, 5) is 2.45. The van der Waals surface area contributed by atoms with Gasteiger partial charge in [-0.3, -0.25) is 4.90 Å². The van der Waals surface area contributed by atoms with Crippen LogP contribution in [-0.4, -0.2) is 24.0 Å². The SMILES string of the molecule is Fc1cc(Br)ccc1CNC1CCN(Cc2ccccc2)C1. The molecule has 1 saturated heterocycles. The maximum atomic E-state index is 13.8. The van der Waals surface area contributed by atoms with Crippen molar-refractivity contribution < 1.29 is 4.39 Å². The highest BCUT2D eigenvalue weighted by Gasteiger charge is 2.22. The lowest BCUT2D eigenvalue weighted by Crippen LogP contribution is -2.32. The average Bonchev–Trinajstić information content (AvgIpc) is 2.95. The van der Waals surface area contributed by atoms with Gasteiger partial charge in [0.05, 0.1) is 0 Å². The lowest BCUT2D eigenvalue weighted by molar-refractivity contribution is 0.319. The van der Waals surface area contributed by atoms with Gasteiger partial charge >= 0.3 is 0 Å². The zero-order valence-electron chi connectivity index (χ0n) is 12.4. The maximum absolute atomic E-state index is 13.8. The van der Waals surface area contributed by atoms with Crippen molar-refractivity contribution in [3.05, 3.63) is 69.9 Å². The maximum Gasteiger partial charge on any atom is 0.128 e. The van der Waals surface area contributed by atoms with Gasteiger partial charge in [-0.25, -0.2) is 4.39 Å². The van der Waals surface area contributed by atoms with E-state index in [-0.39, 0.29) is 5.82 Å². The van der Waals surface area contributed by atoms with Crippen molar-refractivity contribution in [2.24, 2.45) is 0 Å². The number of hydrogen-bond acceptors (Lipinski definition) is 2. The van der Waals surface area contributed by atoms with Crippen molar-refractivity contribution in [3.63, 3.8) is 0 Å². The molecule has 2 aromatic carbocycles. The molecule has 1 aliphatic heterocycles. The highest BCUT2D eigenvalue weighted by atomic mass is 79.9. The van der Waals surface area contributed by atoms with E-state index in [0.29, 0.717) is 12.6 Å². The van der Waals surface area contributed by atoms with Crippen molar-refractivity contribution in [2.45, 2.75) is 25.6 Å². The first-order valence-corrected chi connectivity index (χ1v) is 8.43. The third-order valence-corrected chi connectivity index (χ3v) is 4.61. The Hall–Kier alpha value is -1.23. The fourth-order valence-electron chi connectivity index (χ4n) is 2.90. The van der Waals surface area contributed by atoms with Gasteiger partial charge in [0.25, 0.3) is 0 Å². The quantitative estimate of drug-likeness (QED) is 0.865. The lowest BCUT2D eigenvalue weighted by atomic mass is 10.2. The molecule has 2 aromatic rings. The fourth-order valence-corrected chi connectivity index (χ4v) is 3.24. The molecule has 1 aliphatic rings. The molecule has 2 nitrogen and oxygen atoms in total. The average molecular weight is 363 g/mol. The number of nitrogens with zero attached hydrogens (tertiary/aromatic N) is 1. The predicted octanol–water partition coefficient (Wildman–Crippen LogP) is 3.95. The standard InChI is InChI=1S/C18H20BrFN2/c19-16-7-6-15(18(20)10-16)11-21-17-8-9-22(13-17)12-14-4-2-1-3-5-14/h1-7,10,17,21H,8-9,11-13H2. The van der Waals surface area contributed by atoms with Crippen LogP contribution in [0.25, 0.3) is 0 Å². The van der Waals surface area contributed by atoms with Gasteiger partial charge in [0.1, 0.15) is 5.82 Å². The second kappa shape index (κ2) is 7.36. The Balaban J connectivity index is 1.49. The van der Waals surface area contributed by atoms with Gasteiger partial charge in [0.2, 0.25) is 0 Å². The van der Waals surface area contributed by atoms with Crippen LogP contribution in [-0.2, 0) is 13.1 Å². The molecule has 1 fully saturated rings. The van der Waals surface area contributed by atoms with E-state index >= 15 is 0 Å². The number of rotatable bonds is 5. The predicted molar refractivity (Wildman–Crippen MR) is 91.1 cm³/mol. The molecule has 116 valence electrons. The molecular weight excluding hydrogens is 343 g/mol. The molecule has 0 radical (unpaired) electrons.